The molecular formula is C11H10BrN3O. The summed E-state index contributed by atoms with van der Waals surface area (Å²) in [6.45, 7) is 0.687. The summed E-state index contributed by atoms with van der Waals surface area (Å²) in [4.78, 5) is 13.0. The monoisotopic (exact) mass is 279 g/mol. The number of halogens is 1. The van der Waals surface area contributed by atoms with Crippen molar-refractivity contribution in [3.8, 4) is 6.07 Å². The maximum Gasteiger partial charge on any atom is 0.318 e. The molecule has 5 heteroatoms. The Hall–Kier alpha value is -1.54. The summed E-state index contributed by atoms with van der Waals surface area (Å²) in [7, 11) is 0. The topological polar surface area (TPSA) is 56.1 Å². The molecule has 1 atom stereocenters. The molecule has 0 spiro atoms. The molecule has 0 aromatic heterocycles. The van der Waals surface area contributed by atoms with Crippen LogP contribution in [0.15, 0.2) is 28.7 Å². The van der Waals surface area contributed by atoms with Crippen LogP contribution in [0.25, 0.3) is 0 Å². The van der Waals surface area contributed by atoms with Crippen LogP contribution in [0, 0.1) is 11.3 Å². The molecule has 1 saturated heterocycles. The van der Waals surface area contributed by atoms with Gasteiger partial charge in [-0.1, -0.05) is 28.1 Å². The summed E-state index contributed by atoms with van der Waals surface area (Å²) in [5.74, 6) is 0. The van der Waals surface area contributed by atoms with Gasteiger partial charge in [0.25, 0.3) is 0 Å². The zero-order valence-electron chi connectivity index (χ0n) is 8.48. The number of urea groups is 1. The van der Waals surface area contributed by atoms with Crippen molar-refractivity contribution >= 4 is 22.0 Å². The highest BCUT2D eigenvalue weighted by molar-refractivity contribution is 9.10. The Morgan fingerprint density at radius 3 is 2.81 bits per heavy atom. The number of hydrogen-bond donors (Lipinski definition) is 1. The Bertz CT molecular complexity index is 438. The van der Waals surface area contributed by atoms with Gasteiger partial charge in [-0.15, -0.1) is 0 Å². The van der Waals surface area contributed by atoms with Gasteiger partial charge in [-0.05, 0) is 17.7 Å². The van der Waals surface area contributed by atoms with Crippen molar-refractivity contribution in [1.29, 1.82) is 5.26 Å². The lowest BCUT2D eigenvalue weighted by Gasteiger charge is -2.10. The van der Waals surface area contributed by atoms with Gasteiger partial charge in [0.15, 0.2) is 0 Å². The molecule has 1 aromatic carbocycles. The summed E-state index contributed by atoms with van der Waals surface area (Å²) < 4.78 is 1.01. The highest BCUT2D eigenvalue weighted by atomic mass is 79.9. The summed E-state index contributed by atoms with van der Waals surface area (Å²) in [6.07, 6.45) is 0. The van der Waals surface area contributed by atoms with Crippen molar-refractivity contribution in [2.45, 2.75) is 6.04 Å². The SMILES string of the molecule is N#CCN1CC(c2ccc(Br)cc2)NC1=O. The van der Waals surface area contributed by atoms with E-state index in [0.29, 0.717) is 6.54 Å². The van der Waals surface area contributed by atoms with E-state index in [0.717, 1.165) is 10.0 Å². The van der Waals surface area contributed by atoms with Crippen molar-refractivity contribution in [3.63, 3.8) is 0 Å². The first-order valence-corrected chi connectivity index (χ1v) is 5.68. The van der Waals surface area contributed by atoms with Gasteiger partial charge < -0.3 is 10.2 Å². The molecule has 82 valence electrons. The van der Waals surface area contributed by atoms with Crippen molar-refractivity contribution in [3.05, 3.63) is 34.3 Å². The molecule has 1 N–H and O–H groups in total. The minimum Gasteiger partial charge on any atom is -0.329 e. The van der Waals surface area contributed by atoms with Crippen LogP contribution in [0.2, 0.25) is 0 Å². The van der Waals surface area contributed by atoms with Crippen LogP contribution in [-0.2, 0) is 0 Å². The van der Waals surface area contributed by atoms with Gasteiger partial charge in [-0.2, -0.15) is 5.26 Å². The largest absolute Gasteiger partial charge is 0.329 e. The number of rotatable bonds is 2. The Kier molecular flexibility index (Phi) is 3.11. The van der Waals surface area contributed by atoms with E-state index in [4.69, 9.17) is 5.26 Å². The number of benzene rings is 1. The fourth-order valence-corrected chi connectivity index (χ4v) is 1.96. The van der Waals surface area contributed by atoms with Gasteiger partial charge in [0.05, 0.1) is 12.1 Å². The zero-order valence-corrected chi connectivity index (χ0v) is 10.1. The summed E-state index contributed by atoms with van der Waals surface area (Å²) in [5, 5.41) is 11.4. The van der Waals surface area contributed by atoms with E-state index in [9.17, 15) is 4.79 Å². The van der Waals surface area contributed by atoms with Gasteiger partial charge in [-0.3, -0.25) is 0 Å². The first kappa shape index (κ1) is 11.0. The lowest BCUT2D eigenvalue weighted by atomic mass is 10.1. The third-order valence-corrected chi connectivity index (χ3v) is 3.05. The van der Waals surface area contributed by atoms with E-state index >= 15 is 0 Å². The molecule has 4 nitrogen and oxygen atoms in total. The molecule has 1 fully saturated rings. The minimum absolute atomic E-state index is 0.0195. The number of nitrogens with one attached hydrogen (secondary N) is 1. The Morgan fingerprint density at radius 1 is 1.50 bits per heavy atom. The Balaban J connectivity index is 2.11. The third kappa shape index (κ3) is 2.17. The van der Waals surface area contributed by atoms with E-state index in [1.807, 2.05) is 30.3 Å². The van der Waals surface area contributed by atoms with Gasteiger partial charge in [0, 0.05) is 11.0 Å². The molecule has 1 unspecified atom stereocenters. The predicted octanol–water partition coefficient (Wildman–Crippen LogP) is 2.04. The number of hydrogen-bond acceptors (Lipinski definition) is 2. The minimum atomic E-state index is -0.172. The van der Waals surface area contributed by atoms with Crippen LogP contribution >= 0.6 is 15.9 Å². The molecule has 0 saturated carbocycles. The highest BCUT2D eigenvalue weighted by Gasteiger charge is 2.29. The van der Waals surface area contributed by atoms with Gasteiger partial charge >= 0.3 is 6.03 Å². The Labute approximate surface area is 102 Å². The highest BCUT2D eigenvalue weighted by Crippen LogP contribution is 2.21. The fourth-order valence-electron chi connectivity index (χ4n) is 1.69. The maximum atomic E-state index is 11.5. The number of nitrogens with zero attached hydrogens (tertiary/aromatic N) is 2. The molecule has 0 aliphatic carbocycles. The van der Waals surface area contributed by atoms with E-state index in [2.05, 4.69) is 21.2 Å². The normalized spacial score (nSPS) is 19.4. The molecule has 1 aliphatic rings. The standard InChI is InChI=1S/C11H10BrN3O/c12-9-3-1-8(2-4-9)10-7-15(6-5-13)11(16)14-10/h1-4,10H,6-7H2,(H,14,16). The molecule has 0 radical (unpaired) electrons. The fraction of sp³-hybridized carbons (Fsp3) is 0.273. The van der Waals surface area contributed by atoms with Crippen LogP contribution in [0.1, 0.15) is 11.6 Å². The first-order chi connectivity index (χ1) is 7.70. The predicted molar refractivity (Wildman–Crippen MR) is 62.6 cm³/mol. The average molecular weight is 280 g/mol. The summed E-state index contributed by atoms with van der Waals surface area (Å²) in [5.41, 5.74) is 1.05. The average Bonchev–Trinajstić information content (AvgIpc) is 2.62. The first-order valence-electron chi connectivity index (χ1n) is 4.88. The molecule has 2 amide bonds. The van der Waals surface area contributed by atoms with E-state index in [1.165, 1.54) is 4.90 Å². The van der Waals surface area contributed by atoms with Crippen LogP contribution in [0.4, 0.5) is 4.79 Å². The summed E-state index contributed by atoms with van der Waals surface area (Å²) in [6, 6.07) is 9.59. The van der Waals surface area contributed by atoms with Crippen molar-refractivity contribution in [2.24, 2.45) is 0 Å². The van der Waals surface area contributed by atoms with Crippen LogP contribution in [0.5, 0.6) is 0 Å². The smallest absolute Gasteiger partial charge is 0.318 e. The number of amides is 2. The lowest BCUT2D eigenvalue weighted by Crippen LogP contribution is -2.28. The van der Waals surface area contributed by atoms with Crippen molar-refractivity contribution in [2.75, 3.05) is 13.1 Å². The van der Waals surface area contributed by atoms with Gasteiger partial charge in [0.2, 0.25) is 0 Å². The Morgan fingerprint density at radius 2 is 2.19 bits per heavy atom. The van der Waals surface area contributed by atoms with Crippen molar-refractivity contribution in [1.82, 2.24) is 10.2 Å². The van der Waals surface area contributed by atoms with Gasteiger partial charge in [-0.25, -0.2) is 4.79 Å². The second-order valence-electron chi connectivity index (χ2n) is 3.59. The molecular weight excluding hydrogens is 270 g/mol. The van der Waals surface area contributed by atoms with E-state index < -0.39 is 0 Å². The van der Waals surface area contributed by atoms with Crippen LogP contribution in [0.3, 0.4) is 0 Å². The van der Waals surface area contributed by atoms with Gasteiger partial charge in [0.1, 0.15) is 6.54 Å². The lowest BCUT2D eigenvalue weighted by molar-refractivity contribution is 0.222. The molecule has 1 aromatic rings. The second-order valence-corrected chi connectivity index (χ2v) is 4.51. The van der Waals surface area contributed by atoms with Crippen molar-refractivity contribution < 1.29 is 4.79 Å². The molecule has 1 aliphatic heterocycles. The molecule has 0 bridgehead atoms. The second kappa shape index (κ2) is 4.54. The van der Waals surface area contributed by atoms with E-state index in [1.54, 1.807) is 0 Å². The third-order valence-electron chi connectivity index (χ3n) is 2.52. The molecule has 1 heterocycles. The number of nitriles is 1. The quantitative estimate of drug-likeness (QED) is 0.843. The number of carbonyl (C=O) groups is 1. The van der Waals surface area contributed by atoms with Crippen LogP contribution < -0.4 is 5.32 Å². The molecule has 16 heavy (non-hydrogen) atoms. The maximum absolute atomic E-state index is 11.5. The molecule has 2 rings (SSSR count). The van der Waals surface area contributed by atoms with Crippen LogP contribution in [-0.4, -0.2) is 24.0 Å². The van der Waals surface area contributed by atoms with E-state index in [-0.39, 0.29) is 18.6 Å². The summed E-state index contributed by atoms with van der Waals surface area (Å²) >= 11 is 3.36. The number of carbonyl (C=O) groups excluding carboxylic acids is 1. The zero-order chi connectivity index (χ0) is 11.5.